The van der Waals surface area contributed by atoms with E-state index in [1.165, 1.54) is 20.9 Å². The van der Waals surface area contributed by atoms with Crippen molar-refractivity contribution in [3.05, 3.63) is 0 Å². The van der Waals surface area contributed by atoms with Gasteiger partial charge in [0.25, 0.3) is 0 Å². The van der Waals surface area contributed by atoms with E-state index in [1.807, 2.05) is 0 Å². The number of carboxylic acid groups (broad SMARTS) is 1. The molecule has 0 aromatic carbocycles. The number of alkyl halides is 3. The van der Waals surface area contributed by atoms with Crippen LogP contribution >= 0.6 is 0 Å². The molecule has 0 bridgehead atoms. The smallest absolute Gasteiger partial charge is 0.414 e. The van der Waals surface area contributed by atoms with E-state index >= 15 is 0 Å². The Kier molecular flexibility index (Phi) is 5.41. The lowest BCUT2D eigenvalue weighted by Gasteiger charge is -2.29. The highest BCUT2D eigenvalue weighted by atomic mass is 19.4. The summed E-state index contributed by atoms with van der Waals surface area (Å²) in [6, 6.07) is 0. The fourth-order valence-corrected chi connectivity index (χ4v) is 1.34. The number of ether oxygens (including phenoxy) is 1. The number of hydrogen-bond donors (Lipinski definition) is 2. The third kappa shape index (κ3) is 4.91. The Morgan fingerprint density at radius 3 is 2.18 bits per heavy atom. The van der Waals surface area contributed by atoms with E-state index < -0.39 is 29.9 Å². The number of rotatable bonds is 6. The minimum Gasteiger partial charge on any atom is -0.480 e. The van der Waals surface area contributed by atoms with Gasteiger partial charge in [0.1, 0.15) is 5.54 Å². The largest absolute Gasteiger partial charge is 0.480 e. The van der Waals surface area contributed by atoms with Crippen LogP contribution in [-0.2, 0) is 9.53 Å². The molecular formula is C10H18F3NO3. The first-order valence-electron chi connectivity index (χ1n) is 5.17. The monoisotopic (exact) mass is 257 g/mol. The maximum atomic E-state index is 12.2. The fraction of sp³-hybridized carbons (Fsp3) is 0.900. The maximum Gasteiger partial charge on any atom is 0.414 e. The van der Waals surface area contributed by atoms with Crippen molar-refractivity contribution in [3.8, 4) is 0 Å². The van der Waals surface area contributed by atoms with E-state index in [2.05, 4.69) is 5.32 Å². The normalized spacial score (nSPS) is 19.5. The number of aliphatic carboxylic acids is 1. The molecule has 7 heteroatoms. The third-order valence-corrected chi connectivity index (χ3v) is 2.62. The lowest BCUT2D eigenvalue weighted by molar-refractivity contribution is -0.226. The van der Waals surface area contributed by atoms with E-state index in [1.54, 1.807) is 0 Å². The summed E-state index contributed by atoms with van der Waals surface area (Å²) in [6.07, 6.45) is -7.22. The van der Waals surface area contributed by atoms with Crippen molar-refractivity contribution in [2.75, 3.05) is 7.05 Å². The average Bonchev–Trinajstić information content (AvgIpc) is 2.15. The number of halogens is 3. The molecule has 4 nitrogen and oxygen atoms in total. The third-order valence-electron chi connectivity index (χ3n) is 2.62. The second-order valence-corrected chi connectivity index (χ2v) is 4.22. The van der Waals surface area contributed by atoms with Gasteiger partial charge >= 0.3 is 12.1 Å². The quantitative estimate of drug-likeness (QED) is 0.761. The SMILES string of the molecule is CNC(C)(CC(C)OC(C)C(F)(F)F)C(=O)O. The first-order valence-corrected chi connectivity index (χ1v) is 5.17. The molecule has 0 aliphatic rings. The first kappa shape index (κ1) is 16.2. The Balaban J connectivity index is 4.45. The van der Waals surface area contributed by atoms with Crippen LogP contribution in [0.15, 0.2) is 0 Å². The molecule has 0 aromatic heterocycles. The Morgan fingerprint density at radius 2 is 1.88 bits per heavy atom. The van der Waals surface area contributed by atoms with Crippen LogP contribution in [0, 0.1) is 0 Å². The number of likely N-dealkylation sites (N-methyl/N-ethyl adjacent to an activating group) is 1. The van der Waals surface area contributed by atoms with E-state index in [4.69, 9.17) is 9.84 Å². The van der Waals surface area contributed by atoms with Crippen LogP contribution in [-0.4, -0.2) is 42.0 Å². The zero-order valence-electron chi connectivity index (χ0n) is 10.3. The predicted octanol–water partition coefficient (Wildman–Crippen LogP) is 1.80. The summed E-state index contributed by atoms with van der Waals surface area (Å²) in [5.41, 5.74) is -1.30. The molecule has 0 amide bonds. The number of hydrogen-bond acceptors (Lipinski definition) is 3. The Bertz CT molecular complexity index is 270. The fourth-order valence-electron chi connectivity index (χ4n) is 1.34. The van der Waals surface area contributed by atoms with Crippen LogP contribution in [0.4, 0.5) is 13.2 Å². The van der Waals surface area contributed by atoms with Crippen molar-refractivity contribution < 1.29 is 27.8 Å². The number of carbonyl (C=O) groups is 1. The van der Waals surface area contributed by atoms with Gasteiger partial charge in [-0.3, -0.25) is 4.79 Å². The lowest BCUT2D eigenvalue weighted by Crippen LogP contribution is -2.50. The zero-order valence-corrected chi connectivity index (χ0v) is 10.3. The minimum absolute atomic E-state index is 0.0563. The Morgan fingerprint density at radius 1 is 1.41 bits per heavy atom. The second kappa shape index (κ2) is 5.68. The predicted molar refractivity (Wildman–Crippen MR) is 55.8 cm³/mol. The Hall–Kier alpha value is -0.820. The zero-order chi connectivity index (χ0) is 13.9. The standard InChI is InChI=1S/C10H18F3NO3/c1-6(17-7(2)10(11,12)13)5-9(3,14-4)8(15)16/h6-7,14H,5H2,1-4H3,(H,15,16). The van der Waals surface area contributed by atoms with Crippen molar-refractivity contribution >= 4 is 5.97 Å². The van der Waals surface area contributed by atoms with Crippen LogP contribution in [0.5, 0.6) is 0 Å². The summed E-state index contributed by atoms with van der Waals surface area (Å²) in [5.74, 6) is -1.13. The molecule has 2 N–H and O–H groups in total. The van der Waals surface area contributed by atoms with E-state index in [0.29, 0.717) is 0 Å². The van der Waals surface area contributed by atoms with Gasteiger partial charge in [0.05, 0.1) is 6.10 Å². The number of carboxylic acids is 1. The molecule has 0 aliphatic carbocycles. The summed E-state index contributed by atoms with van der Waals surface area (Å²) in [6.45, 7) is 3.71. The summed E-state index contributed by atoms with van der Waals surface area (Å²) in [5, 5.41) is 11.5. The molecule has 102 valence electrons. The van der Waals surface area contributed by atoms with Crippen LogP contribution in [0.2, 0.25) is 0 Å². The van der Waals surface area contributed by atoms with Crippen LogP contribution in [0.25, 0.3) is 0 Å². The van der Waals surface area contributed by atoms with Crippen molar-refractivity contribution in [1.82, 2.24) is 5.32 Å². The van der Waals surface area contributed by atoms with Crippen molar-refractivity contribution in [2.45, 2.75) is 51.1 Å². The van der Waals surface area contributed by atoms with E-state index in [-0.39, 0.29) is 6.42 Å². The molecule has 0 spiro atoms. The highest BCUT2D eigenvalue weighted by molar-refractivity contribution is 5.78. The molecule has 0 radical (unpaired) electrons. The highest BCUT2D eigenvalue weighted by Crippen LogP contribution is 2.25. The Labute approximate surface area is 98.1 Å². The van der Waals surface area contributed by atoms with Gasteiger partial charge in [-0.1, -0.05) is 0 Å². The van der Waals surface area contributed by atoms with Gasteiger partial charge in [-0.25, -0.2) is 0 Å². The van der Waals surface area contributed by atoms with Crippen molar-refractivity contribution in [2.24, 2.45) is 0 Å². The lowest BCUT2D eigenvalue weighted by atomic mass is 9.95. The molecule has 0 fully saturated rings. The van der Waals surface area contributed by atoms with Crippen LogP contribution < -0.4 is 5.32 Å². The molecule has 0 aliphatic heterocycles. The minimum atomic E-state index is -4.44. The molecule has 3 unspecified atom stereocenters. The molecule has 0 saturated carbocycles. The van der Waals surface area contributed by atoms with Crippen molar-refractivity contribution in [1.29, 1.82) is 0 Å². The van der Waals surface area contributed by atoms with E-state index in [0.717, 1.165) is 6.92 Å². The van der Waals surface area contributed by atoms with Gasteiger partial charge in [0.2, 0.25) is 0 Å². The van der Waals surface area contributed by atoms with Gasteiger partial charge in [0.15, 0.2) is 6.10 Å². The van der Waals surface area contributed by atoms with Gasteiger partial charge < -0.3 is 15.2 Å². The van der Waals surface area contributed by atoms with Gasteiger partial charge in [-0.05, 0) is 27.8 Å². The molecule has 0 saturated heterocycles. The van der Waals surface area contributed by atoms with Crippen LogP contribution in [0.3, 0.4) is 0 Å². The van der Waals surface area contributed by atoms with Crippen LogP contribution in [0.1, 0.15) is 27.2 Å². The first-order chi connectivity index (χ1) is 7.53. The molecule has 0 aromatic rings. The highest BCUT2D eigenvalue weighted by Gasteiger charge is 2.40. The number of nitrogens with one attached hydrogen (secondary N) is 1. The van der Waals surface area contributed by atoms with Crippen molar-refractivity contribution in [3.63, 3.8) is 0 Å². The molecular weight excluding hydrogens is 239 g/mol. The molecule has 17 heavy (non-hydrogen) atoms. The molecule has 0 rings (SSSR count). The second-order valence-electron chi connectivity index (χ2n) is 4.22. The molecule has 3 atom stereocenters. The summed E-state index contributed by atoms with van der Waals surface area (Å²) < 4.78 is 41.4. The topological polar surface area (TPSA) is 58.6 Å². The van der Waals surface area contributed by atoms with Gasteiger partial charge in [-0.15, -0.1) is 0 Å². The summed E-state index contributed by atoms with van der Waals surface area (Å²) >= 11 is 0. The maximum absolute atomic E-state index is 12.2. The molecule has 0 heterocycles. The average molecular weight is 257 g/mol. The van der Waals surface area contributed by atoms with Gasteiger partial charge in [0, 0.05) is 6.42 Å². The van der Waals surface area contributed by atoms with Gasteiger partial charge in [-0.2, -0.15) is 13.2 Å². The van der Waals surface area contributed by atoms with E-state index in [9.17, 15) is 18.0 Å². The summed E-state index contributed by atoms with van der Waals surface area (Å²) in [7, 11) is 1.44. The summed E-state index contributed by atoms with van der Waals surface area (Å²) in [4.78, 5) is 10.9.